The van der Waals surface area contributed by atoms with Gasteiger partial charge in [0.15, 0.2) is 0 Å². The van der Waals surface area contributed by atoms with Gasteiger partial charge in [-0.3, -0.25) is 14.5 Å². The molecule has 3 aromatic rings. The van der Waals surface area contributed by atoms with Crippen molar-refractivity contribution in [3.63, 3.8) is 0 Å². The van der Waals surface area contributed by atoms with Crippen LogP contribution >= 0.6 is 0 Å². The molecule has 130 valence electrons. The number of rotatable bonds is 5. The van der Waals surface area contributed by atoms with Crippen LogP contribution in [0.25, 0.3) is 0 Å². The molecule has 0 atom stereocenters. The van der Waals surface area contributed by atoms with Gasteiger partial charge in [0, 0.05) is 31.4 Å². The standard InChI is InChI=1S/C20H16FN3O2/c21-15-5-3-4-14(10-15)12-23-13-22-11-16(23)8-9-24-19(25)17-6-1-2-7-18(17)20(24)26/h1-7,10-11,13H,8-9,12H2. The van der Waals surface area contributed by atoms with Gasteiger partial charge in [-0.2, -0.15) is 0 Å². The van der Waals surface area contributed by atoms with Crippen molar-refractivity contribution in [1.29, 1.82) is 0 Å². The van der Waals surface area contributed by atoms with Gasteiger partial charge in [0.2, 0.25) is 0 Å². The first kappa shape index (κ1) is 16.2. The maximum atomic E-state index is 13.4. The van der Waals surface area contributed by atoms with Gasteiger partial charge < -0.3 is 4.57 Å². The molecule has 5 nitrogen and oxygen atoms in total. The summed E-state index contributed by atoms with van der Waals surface area (Å²) in [5.74, 6) is -0.807. The van der Waals surface area contributed by atoms with E-state index >= 15 is 0 Å². The van der Waals surface area contributed by atoms with Gasteiger partial charge in [0.05, 0.1) is 17.5 Å². The highest BCUT2D eigenvalue weighted by atomic mass is 19.1. The van der Waals surface area contributed by atoms with Crippen LogP contribution in [0.4, 0.5) is 4.39 Å². The average molecular weight is 349 g/mol. The summed E-state index contributed by atoms with van der Waals surface area (Å²) in [6.45, 7) is 0.760. The molecule has 4 rings (SSSR count). The van der Waals surface area contributed by atoms with E-state index in [1.807, 2.05) is 10.6 Å². The average Bonchev–Trinajstić information content (AvgIpc) is 3.17. The Labute approximate surface area is 149 Å². The van der Waals surface area contributed by atoms with Crippen molar-refractivity contribution >= 4 is 11.8 Å². The third kappa shape index (κ3) is 2.90. The first-order valence-corrected chi connectivity index (χ1v) is 8.32. The molecule has 0 N–H and O–H groups in total. The number of carbonyl (C=O) groups excluding carboxylic acids is 2. The molecular formula is C20H16FN3O2. The monoisotopic (exact) mass is 349 g/mol. The number of imide groups is 1. The Hall–Kier alpha value is -3.28. The molecule has 2 heterocycles. The molecular weight excluding hydrogens is 333 g/mol. The van der Waals surface area contributed by atoms with Crippen molar-refractivity contribution in [3.05, 3.63) is 89.3 Å². The molecule has 6 heteroatoms. The minimum absolute atomic E-state index is 0.262. The molecule has 26 heavy (non-hydrogen) atoms. The number of hydrogen-bond donors (Lipinski definition) is 0. The van der Waals surface area contributed by atoms with Gasteiger partial charge in [-0.05, 0) is 29.8 Å². The first-order valence-electron chi connectivity index (χ1n) is 8.32. The Morgan fingerprint density at radius 3 is 2.38 bits per heavy atom. The van der Waals surface area contributed by atoms with Crippen molar-refractivity contribution in [2.45, 2.75) is 13.0 Å². The maximum Gasteiger partial charge on any atom is 0.261 e. The predicted octanol–water partition coefficient (Wildman–Crippen LogP) is 2.91. The number of nitrogens with zero attached hydrogens (tertiary/aromatic N) is 3. The van der Waals surface area contributed by atoms with E-state index in [0.717, 1.165) is 11.3 Å². The Kier molecular flexibility index (Phi) is 4.08. The summed E-state index contributed by atoms with van der Waals surface area (Å²) < 4.78 is 15.3. The van der Waals surface area contributed by atoms with Gasteiger partial charge in [-0.15, -0.1) is 0 Å². The number of amides is 2. The summed E-state index contributed by atoms with van der Waals surface area (Å²) in [6.07, 6.45) is 3.86. The van der Waals surface area contributed by atoms with E-state index in [2.05, 4.69) is 4.98 Å². The lowest BCUT2D eigenvalue weighted by Gasteiger charge is -2.14. The van der Waals surface area contributed by atoms with Crippen LogP contribution in [-0.2, 0) is 13.0 Å². The van der Waals surface area contributed by atoms with Crippen LogP contribution in [0.2, 0.25) is 0 Å². The fourth-order valence-corrected chi connectivity index (χ4v) is 3.20. The molecule has 0 aliphatic carbocycles. The first-order chi connectivity index (χ1) is 12.6. The summed E-state index contributed by atoms with van der Waals surface area (Å²) in [5.41, 5.74) is 2.60. The predicted molar refractivity (Wildman–Crippen MR) is 93.2 cm³/mol. The fourth-order valence-electron chi connectivity index (χ4n) is 3.20. The van der Waals surface area contributed by atoms with Crippen LogP contribution in [0.5, 0.6) is 0 Å². The maximum absolute atomic E-state index is 13.4. The number of imidazole rings is 1. The lowest BCUT2D eigenvalue weighted by molar-refractivity contribution is 0.0655. The zero-order valence-corrected chi connectivity index (χ0v) is 13.9. The molecule has 0 saturated heterocycles. The molecule has 0 saturated carbocycles. The molecule has 1 aromatic heterocycles. The van der Waals surface area contributed by atoms with E-state index in [4.69, 9.17) is 0 Å². The van der Waals surface area contributed by atoms with Crippen molar-refractivity contribution in [2.24, 2.45) is 0 Å². The van der Waals surface area contributed by atoms with E-state index in [-0.39, 0.29) is 24.2 Å². The van der Waals surface area contributed by atoms with Crippen molar-refractivity contribution in [2.75, 3.05) is 6.54 Å². The molecule has 0 bridgehead atoms. The van der Waals surface area contributed by atoms with Gasteiger partial charge >= 0.3 is 0 Å². The minimum Gasteiger partial charge on any atom is -0.330 e. The second kappa shape index (κ2) is 6.55. The number of benzene rings is 2. The summed E-state index contributed by atoms with van der Waals surface area (Å²) in [7, 11) is 0. The molecule has 0 unspecified atom stereocenters. The van der Waals surface area contributed by atoms with Crippen LogP contribution < -0.4 is 0 Å². The topological polar surface area (TPSA) is 55.2 Å². The lowest BCUT2D eigenvalue weighted by Crippen LogP contribution is -2.32. The number of carbonyl (C=O) groups is 2. The summed E-state index contributed by atoms with van der Waals surface area (Å²) in [5, 5.41) is 0. The molecule has 1 aliphatic heterocycles. The van der Waals surface area contributed by atoms with Gasteiger partial charge in [-0.25, -0.2) is 9.37 Å². The molecule has 0 radical (unpaired) electrons. The summed E-state index contributed by atoms with van der Waals surface area (Å²) >= 11 is 0. The van der Waals surface area contributed by atoms with Gasteiger partial charge in [0.25, 0.3) is 11.8 Å². The Bertz CT molecular complexity index is 961. The highest BCUT2D eigenvalue weighted by Crippen LogP contribution is 2.22. The molecule has 1 aliphatic rings. The Balaban J connectivity index is 1.48. The summed E-state index contributed by atoms with van der Waals surface area (Å²) in [6, 6.07) is 13.2. The van der Waals surface area contributed by atoms with Crippen molar-refractivity contribution < 1.29 is 14.0 Å². The zero-order chi connectivity index (χ0) is 18.1. The van der Waals surface area contributed by atoms with Crippen LogP contribution in [0, 0.1) is 5.82 Å². The second-order valence-electron chi connectivity index (χ2n) is 6.20. The third-order valence-electron chi connectivity index (χ3n) is 4.51. The van der Waals surface area contributed by atoms with Crippen molar-refractivity contribution in [1.82, 2.24) is 14.5 Å². The molecule has 0 fully saturated rings. The van der Waals surface area contributed by atoms with Crippen LogP contribution in [-0.4, -0.2) is 32.8 Å². The number of aromatic nitrogens is 2. The minimum atomic E-state index is -0.282. The smallest absolute Gasteiger partial charge is 0.261 e. The highest BCUT2D eigenvalue weighted by molar-refractivity contribution is 6.21. The Morgan fingerprint density at radius 1 is 0.962 bits per heavy atom. The van der Waals surface area contributed by atoms with E-state index in [9.17, 15) is 14.0 Å². The zero-order valence-electron chi connectivity index (χ0n) is 13.9. The normalized spacial score (nSPS) is 13.3. The second-order valence-corrected chi connectivity index (χ2v) is 6.20. The quantitative estimate of drug-likeness (QED) is 0.666. The van der Waals surface area contributed by atoms with Gasteiger partial charge in [0.1, 0.15) is 5.82 Å². The molecule has 0 spiro atoms. The number of hydrogen-bond acceptors (Lipinski definition) is 3. The molecule has 2 amide bonds. The Morgan fingerprint density at radius 2 is 1.69 bits per heavy atom. The van der Waals surface area contributed by atoms with Crippen LogP contribution in [0.1, 0.15) is 32.0 Å². The number of fused-ring (bicyclic) bond motifs is 1. The van der Waals surface area contributed by atoms with Crippen LogP contribution in [0.3, 0.4) is 0 Å². The largest absolute Gasteiger partial charge is 0.330 e. The van der Waals surface area contributed by atoms with Crippen molar-refractivity contribution in [3.8, 4) is 0 Å². The van der Waals surface area contributed by atoms with E-state index in [1.54, 1.807) is 42.9 Å². The summed E-state index contributed by atoms with van der Waals surface area (Å²) in [4.78, 5) is 30.3. The SMILES string of the molecule is O=C1c2ccccc2C(=O)N1CCc1cncn1Cc1cccc(F)c1. The van der Waals surface area contributed by atoms with E-state index < -0.39 is 0 Å². The van der Waals surface area contributed by atoms with Gasteiger partial charge in [-0.1, -0.05) is 24.3 Å². The van der Waals surface area contributed by atoms with E-state index in [0.29, 0.717) is 24.1 Å². The highest BCUT2D eigenvalue weighted by Gasteiger charge is 2.34. The molecule has 2 aromatic carbocycles. The third-order valence-corrected chi connectivity index (χ3v) is 4.51. The van der Waals surface area contributed by atoms with E-state index in [1.165, 1.54) is 17.0 Å². The number of halogens is 1. The fraction of sp³-hybridized carbons (Fsp3) is 0.150. The lowest BCUT2D eigenvalue weighted by atomic mass is 10.1. The van der Waals surface area contributed by atoms with Crippen LogP contribution in [0.15, 0.2) is 61.1 Å².